The molecule has 1 aromatic heterocycles. The normalized spacial score (nSPS) is 10.8. The average molecular weight is 353 g/mol. The molecule has 0 saturated heterocycles. The average Bonchev–Trinajstić information content (AvgIpc) is 2.62. The lowest BCUT2D eigenvalue weighted by molar-refractivity contribution is -0.118. The van der Waals surface area contributed by atoms with Gasteiger partial charge in [0.1, 0.15) is 0 Å². The van der Waals surface area contributed by atoms with E-state index in [4.69, 9.17) is 0 Å². The second-order valence-corrected chi connectivity index (χ2v) is 6.79. The third-order valence-corrected chi connectivity index (χ3v) is 4.81. The summed E-state index contributed by atoms with van der Waals surface area (Å²) in [5.41, 5.74) is 3.55. The van der Waals surface area contributed by atoms with Crippen molar-refractivity contribution in [3.8, 4) is 0 Å². The van der Waals surface area contributed by atoms with Crippen LogP contribution in [-0.2, 0) is 18.4 Å². The Kier molecular flexibility index (Phi) is 5.19. The monoisotopic (exact) mass is 353 g/mol. The Morgan fingerprint density at radius 2 is 2.00 bits per heavy atom. The summed E-state index contributed by atoms with van der Waals surface area (Å²) in [7, 11) is 1.72. The van der Waals surface area contributed by atoms with Crippen LogP contribution >= 0.6 is 11.8 Å². The van der Waals surface area contributed by atoms with Gasteiger partial charge in [0.05, 0.1) is 16.8 Å². The van der Waals surface area contributed by atoms with Crippen LogP contribution < -0.4 is 10.9 Å². The Labute approximate surface area is 150 Å². The van der Waals surface area contributed by atoms with Gasteiger partial charge in [-0.3, -0.25) is 9.59 Å². The van der Waals surface area contributed by atoms with Gasteiger partial charge in [-0.25, -0.2) is 4.98 Å². The van der Waals surface area contributed by atoms with Crippen molar-refractivity contribution in [1.82, 2.24) is 14.9 Å². The molecule has 0 saturated carbocycles. The fourth-order valence-corrected chi connectivity index (χ4v) is 3.35. The second-order valence-electron chi connectivity index (χ2n) is 5.82. The van der Waals surface area contributed by atoms with E-state index in [0.29, 0.717) is 11.6 Å². The van der Waals surface area contributed by atoms with Gasteiger partial charge in [0.15, 0.2) is 5.03 Å². The quantitative estimate of drug-likeness (QED) is 0.716. The minimum atomic E-state index is -0.185. The fraction of sp³-hybridized carbons (Fsp3) is 0.211. The van der Waals surface area contributed by atoms with E-state index in [2.05, 4.69) is 10.3 Å². The summed E-state index contributed by atoms with van der Waals surface area (Å²) in [5.74, 6) is 0.0374. The molecule has 0 aliphatic carbocycles. The van der Waals surface area contributed by atoms with Gasteiger partial charge in [0, 0.05) is 13.6 Å². The number of amides is 1. The van der Waals surface area contributed by atoms with E-state index in [0.717, 1.165) is 22.2 Å². The summed E-state index contributed by atoms with van der Waals surface area (Å²) in [4.78, 5) is 28.8. The van der Waals surface area contributed by atoms with E-state index in [-0.39, 0.29) is 17.2 Å². The fourth-order valence-electron chi connectivity index (χ4n) is 2.55. The van der Waals surface area contributed by atoms with Gasteiger partial charge in [-0.2, -0.15) is 0 Å². The maximum atomic E-state index is 12.4. The lowest BCUT2D eigenvalue weighted by atomic mass is 10.1. The van der Waals surface area contributed by atoms with Crippen molar-refractivity contribution in [2.75, 3.05) is 5.75 Å². The molecule has 6 heteroatoms. The van der Waals surface area contributed by atoms with Crippen molar-refractivity contribution in [3.63, 3.8) is 0 Å². The van der Waals surface area contributed by atoms with Crippen molar-refractivity contribution in [2.24, 2.45) is 7.05 Å². The van der Waals surface area contributed by atoms with Crippen molar-refractivity contribution >= 4 is 28.7 Å². The molecule has 0 aliphatic rings. The zero-order valence-electron chi connectivity index (χ0n) is 14.2. The minimum absolute atomic E-state index is 0.122. The van der Waals surface area contributed by atoms with Gasteiger partial charge in [0.2, 0.25) is 5.91 Å². The molecular weight excluding hydrogens is 334 g/mol. The Hall–Kier alpha value is -2.60. The highest BCUT2D eigenvalue weighted by molar-refractivity contribution is 7.99. The minimum Gasteiger partial charge on any atom is -0.351 e. The first kappa shape index (κ1) is 17.2. The summed E-state index contributed by atoms with van der Waals surface area (Å²) in [6.45, 7) is 2.49. The number of carbonyl (C=O) groups excluding carboxylic acids is 1. The Morgan fingerprint density at radius 1 is 1.20 bits per heavy atom. The number of fused-ring (bicyclic) bond motifs is 1. The molecule has 0 fully saturated rings. The van der Waals surface area contributed by atoms with E-state index in [1.807, 2.05) is 55.5 Å². The van der Waals surface area contributed by atoms with Crippen LogP contribution in [0.15, 0.2) is 58.4 Å². The number of thioether (sulfide) groups is 1. The predicted molar refractivity (Wildman–Crippen MR) is 101 cm³/mol. The number of aryl methyl sites for hydroxylation is 2. The zero-order valence-corrected chi connectivity index (χ0v) is 15.0. The van der Waals surface area contributed by atoms with Crippen LogP contribution in [0.2, 0.25) is 0 Å². The van der Waals surface area contributed by atoms with Crippen LogP contribution in [0.3, 0.4) is 0 Å². The zero-order chi connectivity index (χ0) is 17.8. The number of para-hydroxylation sites is 2. The van der Waals surface area contributed by atoms with Gasteiger partial charge in [0.25, 0.3) is 5.56 Å². The van der Waals surface area contributed by atoms with E-state index >= 15 is 0 Å². The highest BCUT2D eigenvalue weighted by Gasteiger charge is 2.11. The van der Waals surface area contributed by atoms with Gasteiger partial charge in [-0.05, 0) is 24.6 Å². The van der Waals surface area contributed by atoms with Gasteiger partial charge >= 0.3 is 0 Å². The molecule has 0 radical (unpaired) electrons. The number of benzene rings is 2. The molecule has 25 heavy (non-hydrogen) atoms. The van der Waals surface area contributed by atoms with Crippen LogP contribution in [0.1, 0.15) is 11.1 Å². The number of aromatic nitrogens is 2. The lowest BCUT2D eigenvalue weighted by Gasteiger charge is -2.08. The largest absolute Gasteiger partial charge is 0.351 e. The van der Waals surface area contributed by atoms with Crippen LogP contribution in [0, 0.1) is 6.92 Å². The summed E-state index contributed by atoms with van der Waals surface area (Å²) >= 11 is 1.17. The first-order chi connectivity index (χ1) is 12.0. The molecule has 0 spiro atoms. The van der Waals surface area contributed by atoms with E-state index in [1.54, 1.807) is 11.6 Å². The molecular formula is C19H19N3O2S. The standard InChI is InChI=1S/C19H19N3O2S/c1-13-6-5-7-14(10-13)11-20-17(23)12-25-18-19(24)22(2)16-9-4-3-8-15(16)21-18/h3-10H,11-12H2,1-2H3,(H,20,23). The Morgan fingerprint density at radius 3 is 2.80 bits per heavy atom. The number of hydrogen-bond acceptors (Lipinski definition) is 4. The van der Waals surface area contributed by atoms with Crippen molar-refractivity contribution in [3.05, 3.63) is 70.0 Å². The van der Waals surface area contributed by atoms with Crippen LogP contribution in [-0.4, -0.2) is 21.2 Å². The maximum absolute atomic E-state index is 12.4. The highest BCUT2D eigenvalue weighted by atomic mass is 32.2. The number of hydrogen-bond donors (Lipinski definition) is 1. The van der Waals surface area contributed by atoms with E-state index in [1.165, 1.54) is 11.8 Å². The number of nitrogens with zero attached hydrogens (tertiary/aromatic N) is 2. The molecule has 0 unspecified atom stereocenters. The summed E-state index contributed by atoms with van der Waals surface area (Å²) in [6.07, 6.45) is 0. The molecule has 0 aliphatic heterocycles. The lowest BCUT2D eigenvalue weighted by Crippen LogP contribution is -2.26. The molecule has 5 nitrogen and oxygen atoms in total. The van der Waals surface area contributed by atoms with Crippen molar-refractivity contribution < 1.29 is 4.79 Å². The third kappa shape index (κ3) is 4.09. The van der Waals surface area contributed by atoms with Crippen LogP contribution in [0.25, 0.3) is 11.0 Å². The molecule has 0 bridgehead atoms. The second kappa shape index (κ2) is 7.53. The van der Waals surface area contributed by atoms with Crippen LogP contribution in [0.5, 0.6) is 0 Å². The molecule has 1 N–H and O–H groups in total. The molecule has 0 atom stereocenters. The summed E-state index contributed by atoms with van der Waals surface area (Å²) in [5, 5.41) is 3.21. The van der Waals surface area contributed by atoms with Crippen molar-refractivity contribution in [1.29, 1.82) is 0 Å². The number of rotatable bonds is 5. The smallest absolute Gasteiger partial charge is 0.283 e. The number of nitrogens with one attached hydrogen (secondary N) is 1. The molecule has 128 valence electrons. The molecule has 2 aromatic carbocycles. The Balaban J connectivity index is 1.65. The molecule has 1 amide bonds. The number of carbonyl (C=O) groups is 1. The first-order valence-corrected chi connectivity index (χ1v) is 8.94. The first-order valence-electron chi connectivity index (χ1n) is 7.95. The predicted octanol–water partition coefficient (Wildman–Crippen LogP) is 2.65. The van der Waals surface area contributed by atoms with E-state index < -0.39 is 0 Å². The third-order valence-electron chi connectivity index (χ3n) is 3.86. The maximum Gasteiger partial charge on any atom is 0.283 e. The SMILES string of the molecule is Cc1cccc(CNC(=O)CSc2nc3ccccc3n(C)c2=O)c1. The summed E-state index contributed by atoms with van der Waals surface area (Å²) < 4.78 is 1.56. The molecule has 1 heterocycles. The molecule has 3 aromatic rings. The van der Waals surface area contributed by atoms with E-state index in [9.17, 15) is 9.59 Å². The Bertz CT molecular complexity index is 982. The van der Waals surface area contributed by atoms with Gasteiger partial charge in [-0.15, -0.1) is 0 Å². The van der Waals surface area contributed by atoms with Crippen LogP contribution in [0.4, 0.5) is 0 Å². The van der Waals surface area contributed by atoms with Crippen molar-refractivity contribution in [2.45, 2.75) is 18.5 Å². The summed E-state index contributed by atoms with van der Waals surface area (Å²) in [6, 6.07) is 15.5. The van der Waals surface area contributed by atoms with Gasteiger partial charge < -0.3 is 9.88 Å². The topological polar surface area (TPSA) is 64.0 Å². The highest BCUT2D eigenvalue weighted by Crippen LogP contribution is 2.15. The molecule has 3 rings (SSSR count). The van der Waals surface area contributed by atoms with Gasteiger partial charge in [-0.1, -0.05) is 53.7 Å².